The smallest absolute Gasteiger partial charge is 0.222 e. The van der Waals surface area contributed by atoms with Gasteiger partial charge in [0.1, 0.15) is 5.15 Å². The molecule has 1 aromatic heterocycles. The Hall–Kier alpha value is -1.49. The Kier molecular flexibility index (Phi) is 3.24. The Bertz CT molecular complexity index is 629. The fourth-order valence-electron chi connectivity index (χ4n) is 2.48. The van der Waals surface area contributed by atoms with Crippen molar-refractivity contribution in [3.63, 3.8) is 0 Å². The quantitative estimate of drug-likeness (QED) is 0.762. The number of nitrogens with zero attached hydrogens (tertiary/aromatic N) is 2. The highest BCUT2D eigenvalue weighted by Crippen LogP contribution is 2.32. The highest BCUT2D eigenvalue weighted by atomic mass is 35.5. The lowest BCUT2D eigenvalue weighted by atomic mass is 9.99. The number of halogens is 4. The molecule has 0 saturated heterocycles. The number of fused-ring (bicyclic) bond motifs is 1. The van der Waals surface area contributed by atoms with E-state index in [4.69, 9.17) is 11.6 Å². The van der Waals surface area contributed by atoms with E-state index in [2.05, 4.69) is 5.10 Å². The van der Waals surface area contributed by atoms with Gasteiger partial charge >= 0.3 is 6.18 Å². The Morgan fingerprint density at radius 1 is 1.05 bits per heavy atom. The molecule has 0 aliphatic heterocycles. The predicted octanol–water partition coefficient (Wildman–Crippen LogP) is 4.42. The number of aryl methyl sites for hydroxylation is 1. The second kappa shape index (κ2) is 4.81. The first-order chi connectivity index (χ1) is 9.47. The van der Waals surface area contributed by atoms with E-state index in [0.717, 1.165) is 49.1 Å². The van der Waals surface area contributed by atoms with Gasteiger partial charge in [-0.05, 0) is 49.9 Å². The second-order valence-electron chi connectivity index (χ2n) is 4.88. The Balaban J connectivity index is 1.99. The molecule has 0 fully saturated rings. The molecule has 1 aliphatic carbocycles. The van der Waals surface area contributed by atoms with Crippen molar-refractivity contribution in [2.45, 2.75) is 31.9 Å². The molecule has 0 spiro atoms. The Morgan fingerprint density at radius 3 is 2.30 bits per heavy atom. The van der Waals surface area contributed by atoms with Crippen LogP contribution < -0.4 is 0 Å². The minimum Gasteiger partial charge on any atom is -0.222 e. The van der Waals surface area contributed by atoms with E-state index in [1.807, 2.05) is 0 Å². The molecule has 106 valence electrons. The minimum atomic E-state index is -4.33. The molecule has 1 aliphatic rings. The molecule has 0 saturated carbocycles. The number of hydrogen-bond acceptors (Lipinski definition) is 1. The molecule has 20 heavy (non-hydrogen) atoms. The first kappa shape index (κ1) is 13.5. The van der Waals surface area contributed by atoms with Crippen LogP contribution in [0.3, 0.4) is 0 Å². The van der Waals surface area contributed by atoms with Gasteiger partial charge in [0.15, 0.2) is 0 Å². The van der Waals surface area contributed by atoms with Gasteiger partial charge in [0.2, 0.25) is 0 Å². The van der Waals surface area contributed by atoms with E-state index in [9.17, 15) is 13.2 Å². The lowest BCUT2D eigenvalue weighted by Crippen LogP contribution is -2.05. The maximum Gasteiger partial charge on any atom is 0.416 e. The highest BCUT2D eigenvalue weighted by Gasteiger charge is 2.30. The van der Waals surface area contributed by atoms with E-state index < -0.39 is 11.7 Å². The summed E-state index contributed by atoms with van der Waals surface area (Å²) in [6, 6.07) is 4.89. The average molecular weight is 301 g/mol. The van der Waals surface area contributed by atoms with Crippen LogP contribution >= 0.6 is 11.6 Å². The third kappa shape index (κ3) is 2.30. The zero-order valence-corrected chi connectivity index (χ0v) is 11.3. The largest absolute Gasteiger partial charge is 0.416 e. The molecular weight excluding hydrogens is 289 g/mol. The SMILES string of the molecule is FC(F)(F)c1ccc(-n2nc3c(c2Cl)CCCC3)cc1. The van der Waals surface area contributed by atoms with E-state index >= 15 is 0 Å². The molecule has 2 aromatic rings. The van der Waals surface area contributed by atoms with Crippen molar-refractivity contribution in [3.8, 4) is 5.69 Å². The van der Waals surface area contributed by atoms with Gasteiger partial charge in [-0.1, -0.05) is 11.6 Å². The molecule has 2 nitrogen and oxygen atoms in total. The first-order valence-electron chi connectivity index (χ1n) is 6.41. The first-order valence-corrected chi connectivity index (χ1v) is 6.78. The standard InChI is InChI=1S/C14H12ClF3N2/c15-13-11-3-1-2-4-12(11)19-20(13)10-7-5-9(6-8-10)14(16,17)18/h5-8H,1-4H2. The number of rotatable bonds is 1. The summed E-state index contributed by atoms with van der Waals surface area (Å²) in [6.45, 7) is 0. The summed E-state index contributed by atoms with van der Waals surface area (Å²) in [5, 5.41) is 4.93. The molecule has 0 unspecified atom stereocenters. The lowest BCUT2D eigenvalue weighted by molar-refractivity contribution is -0.137. The summed E-state index contributed by atoms with van der Waals surface area (Å²) >= 11 is 6.28. The number of hydrogen-bond donors (Lipinski definition) is 0. The molecule has 0 amide bonds. The number of benzene rings is 1. The van der Waals surface area contributed by atoms with Gasteiger partial charge < -0.3 is 0 Å². The van der Waals surface area contributed by atoms with Crippen LogP contribution in [0.25, 0.3) is 5.69 Å². The van der Waals surface area contributed by atoms with Gasteiger partial charge in [0, 0.05) is 5.56 Å². The maximum absolute atomic E-state index is 12.5. The topological polar surface area (TPSA) is 17.8 Å². The second-order valence-corrected chi connectivity index (χ2v) is 5.24. The molecule has 0 radical (unpaired) electrons. The van der Waals surface area contributed by atoms with E-state index in [0.29, 0.717) is 10.8 Å². The van der Waals surface area contributed by atoms with Crippen molar-refractivity contribution in [1.82, 2.24) is 9.78 Å². The molecule has 1 aromatic carbocycles. The Labute approximate surface area is 119 Å². The fraction of sp³-hybridized carbons (Fsp3) is 0.357. The molecule has 0 atom stereocenters. The van der Waals surface area contributed by atoms with Crippen molar-refractivity contribution in [2.75, 3.05) is 0 Å². The van der Waals surface area contributed by atoms with Crippen LogP contribution in [0, 0.1) is 0 Å². The zero-order valence-electron chi connectivity index (χ0n) is 10.5. The summed E-state index contributed by atoms with van der Waals surface area (Å²) in [5.74, 6) is 0. The monoisotopic (exact) mass is 300 g/mol. The van der Waals surface area contributed by atoms with Crippen LogP contribution in [0.2, 0.25) is 5.15 Å². The van der Waals surface area contributed by atoms with Gasteiger partial charge in [-0.15, -0.1) is 0 Å². The van der Waals surface area contributed by atoms with E-state index in [1.54, 1.807) is 0 Å². The van der Waals surface area contributed by atoms with Crippen LogP contribution in [-0.4, -0.2) is 9.78 Å². The summed E-state index contributed by atoms with van der Waals surface area (Å²) < 4.78 is 39.1. The van der Waals surface area contributed by atoms with Crippen LogP contribution in [0.1, 0.15) is 29.7 Å². The van der Waals surface area contributed by atoms with Crippen molar-refractivity contribution >= 4 is 11.6 Å². The molecule has 1 heterocycles. The number of alkyl halides is 3. The lowest BCUT2D eigenvalue weighted by Gasteiger charge is -2.08. The average Bonchev–Trinajstić information content (AvgIpc) is 2.76. The van der Waals surface area contributed by atoms with Crippen LogP contribution in [0.5, 0.6) is 0 Å². The van der Waals surface area contributed by atoms with Crippen molar-refractivity contribution in [3.05, 3.63) is 46.2 Å². The zero-order chi connectivity index (χ0) is 14.3. The summed E-state index contributed by atoms with van der Waals surface area (Å²) in [7, 11) is 0. The summed E-state index contributed by atoms with van der Waals surface area (Å²) in [5.41, 5.74) is 1.87. The maximum atomic E-state index is 12.5. The van der Waals surface area contributed by atoms with Crippen molar-refractivity contribution in [1.29, 1.82) is 0 Å². The van der Waals surface area contributed by atoms with Crippen LogP contribution in [-0.2, 0) is 19.0 Å². The summed E-state index contributed by atoms with van der Waals surface area (Å²) in [6.07, 6.45) is -0.415. The van der Waals surface area contributed by atoms with Gasteiger partial charge in [0.05, 0.1) is 16.9 Å². The summed E-state index contributed by atoms with van der Waals surface area (Å²) in [4.78, 5) is 0. The predicted molar refractivity (Wildman–Crippen MR) is 70.2 cm³/mol. The molecule has 6 heteroatoms. The van der Waals surface area contributed by atoms with Gasteiger partial charge in [-0.3, -0.25) is 0 Å². The van der Waals surface area contributed by atoms with Crippen LogP contribution in [0.15, 0.2) is 24.3 Å². The van der Waals surface area contributed by atoms with Crippen LogP contribution in [0.4, 0.5) is 13.2 Å². The highest BCUT2D eigenvalue weighted by molar-refractivity contribution is 6.30. The van der Waals surface area contributed by atoms with Gasteiger partial charge in [-0.25, -0.2) is 4.68 Å². The van der Waals surface area contributed by atoms with Crippen molar-refractivity contribution < 1.29 is 13.2 Å². The molecule has 0 N–H and O–H groups in total. The molecule has 3 rings (SSSR count). The number of aromatic nitrogens is 2. The third-order valence-electron chi connectivity index (χ3n) is 3.53. The normalized spacial score (nSPS) is 15.2. The van der Waals surface area contributed by atoms with Crippen molar-refractivity contribution in [2.24, 2.45) is 0 Å². The van der Waals surface area contributed by atoms with E-state index in [-0.39, 0.29) is 0 Å². The van der Waals surface area contributed by atoms with Gasteiger partial charge in [0.25, 0.3) is 0 Å². The van der Waals surface area contributed by atoms with Gasteiger partial charge in [-0.2, -0.15) is 18.3 Å². The molecule has 0 bridgehead atoms. The fourth-order valence-corrected chi connectivity index (χ4v) is 2.82. The third-order valence-corrected chi connectivity index (χ3v) is 3.92. The minimum absolute atomic E-state index is 0.513. The Morgan fingerprint density at radius 2 is 1.70 bits per heavy atom. The van der Waals surface area contributed by atoms with E-state index in [1.165, 1.54) is 16.8 Å². The molecular formula is C14H12ClF3N2.